The molecule has 1 aromatic carbocycles. The van der Waals surface area contributed by atoms with Crippen LogP contribution in [-0.4, -0.2) is 18.6 Å². The summed E-state index contributed by atoms with van der Waals surface area (Å²) < 4.78 is 20.3. The van der Waals surface area contributed by atoms with Gasteiger partial charge in [0.25, 0.3) is 0 Å². The van der Waals surface area contributed by atoms with Crippen LogP contribution in [0.1, 0.15) is 12.5 Å². The number of rotatable bonds is 3. The van der Waals surface area contributed by atoms with E-state index < -0.39 is 0 Å². The van der Waals surface area contributed by atoms with Crippen LogP contribution >= 0.6 is 15.9 Å². The number of hydrogen-bond acceptors (Lipinski definition) is 2. The highest BCUT2D eigenvalue weighted by molar-refractivity contribution is 9.12. The third kappa shape index (κ3) is 2.45. The Bertz CT molecular complexity index is 578. The lowest BCUT2D eigenvalue weighted by Crippen LogP contribution is -2.23. The highest BCUT2D eigenvalue weighted by atomic mass is 79.9. The molecular formula is C15H15BrFNO. The number of halogens is 2. The predicted molar refractivity (Wildman–Crippen MR) is 79.5 cm³/mol. The van der Waals surface area contributed by atoms with Crippen molar-refractivity contribution < 1.29 is 9.13 Å². The van der Waals surface area contributed by atoms with Gasteiger partial charge in [0.05, 0.1) is 18.4 Å². The van der Waals surface area contributed by atoms with Crippen LogP contribution in [0.5, 0.6) is 5.75 Å². The zero-order valence-corrected chi connectivity index (χ0v) is 12.5. The Kier molecular flexibility index (Phi) is 4.10. The van der Waals surface area contributed by atoms with E-state index >= 15 is 0 Å². The maximum absolute atomic E-state index is 14.1. The first-order valence-electron chi connectivity index (χ1n) is 5.97. The molecule has 0 fully saturated rings. The molecule has 1 aromatic rings. The summed E-state index contributed by atoms with van der Waals surface area (Å²) in [6, 6.07) is 4.82. The molecule has 1 aliphatic rings. The Hall–Kier alpha value is -1.55. The smallest absolute Gasteiger partial charge is 0.136 e. The first-order chi connectivity index (χ1) is 9.10. The van der Waals surface area contributed by atoms with Crippen molar-refractivity contribution in [1.29, 1.82) is 0 Å². The van der Waals surface area contributed by atoms with E-state index in [1.807, 2.05) is 24.0 Å². The number of nitrogens with zero attached hydrogens (tertiary/aromatic N) is 1. The van der Waals surface area contributed by atoms with E-state index in [0.29, 0.717) is 17.9 Å². The molecule has 0 amide bonds. The van der Waals surface area contributed by atoms with E-state index in [0.717, 1.165) is 15.9 Å². The minimum absolute atomic E-state index is 0.303. The van der Waals surface area contributed by atoms with Crippen molar-refractivity contribution in [3.63, 3.8) is 0 Å². The van der Waals surface area contributed by atoms with Gasteiger partial charge >= 0.3 is 0 Å². The van der Waals surface area contributed by atoms with Gasteiger partial charge in [-0.3, -0.25) is 0 Å². The van der Waals surface area contributed by atoms with Gasteiger partial charge in [0, 0.05) is 16.7 Å². The van der Waals surface area contributed by atoms with E-state index in [4.69, 9.17) is 4.74 Å². The van der Waals surface area contributed by atoms with Crippen LogP contribution in [0.25, 0.3) is 5.70 Å². The van der Waals surface area contributed by atoms with Crippen molar-refractivity contribution in [3.05, 3.63) is 58.5 Å². The summed E-state index contributed by atoms with van der Waals surface area (Å²) >= 11 is 3.44. The van der Waals surface area contributed by atoms with Crippen molar-refractivity contribution in [1.82, 2.24) is 4.90 Å². The van der Waals surface area contributed by atoms with Crippen LogP contribution < -0.4 is 4.74 Å². The molecule has 0 N–H and O–H groups in total. The lowest BCUT2D eigenvalue weighted by molar-refractivity contribution is 0.406. The fourth-order valence-electron chi connectivity index (χ4n) is 2.12. The molecule has 2 nitrogen and oxygen atoms in total. The van der Waals surface area contributed by atoms with E-state index in [1.54, 1.807) is 19.2 Å². The van der Waals surface area contributed by atoms with Crippen LogP contribution in [0.3, 0.4) is 0 Å². The summed E-state index contributed by atoms with van der Waals surface area (Å²) in [5, 5.41) is 0. The van der Waals surface area contributed by atoms with Crippen molar-refractivity contribution >= 4 is 21.6 Å². The second-order valence-electron chi connectivity index (χ2n) is 4.07. The van der Waals surface area contributed by atoms with Gasteiger partial charge in [0.1, 0.15) is 11.6 Å². The Labute approximate surface area is 121 Å². The molecule has 19 heavy (non-hydrogen) atoms. The quantitative estimate of drug-likeness (QED) is 0.822. The molecular weight excluding hydrogens is 309 g/mol. The lowest BCUT2D eigenvalue weighted by atomic mass is 10.0. The molecule has 2 rings (SSSR count). The highest BCUT2D eigenvalue weighted by Crippen LogP contribution is 2.37. The maximum atomic E-state index is 14.1. The standard InChI is InChI=1S/C15H15BrFNO/c1-4-18-10(2)11(16)8-9-13(18)15-12(17)6-5-7-14(15)19-3/h5-9H,2,4H2,1,3H3. The Morgan fingerprint density at radius 2 is 2.11 bits per heavy atom. The molecule has 0 aromatic heterocycles. The van der Waals surface area contributed by atoms with Crippen LogP contribution in [0, 0.1) is 5.82 Å². The number of benzene rings is 1. The normalized spacial score (nSPS) is 15.2. The molecule has 0 radical (unpaired) electrons. The summed E-state index contributed by atoms with van der Waals surface area (Å²) in [5.74, 6) is 0.215. The van der Waals surface area contributed by atoms with Gasteiger partial charge < -0.3 is 9.64 Å². The average molecular weight is 324 g/mol. The first kappa shape index (κ1) is 13.9. The predicted octanol–water partition coefficient (Wildman–Crippen LogP) is 4.30. The van der Waals surface area contributed by atoms with Gasteiger partial charge in [-0.05, 0) is 47.1 Å². The fraction of sp³-hybridized carbons (Fsp3) is 0.200. The fourth-order valence-corrected chi connectivity index (χ4v) is 2.46. The Morgan fingerprint density at radius 3 is 2.74 bits per heavy atom. The molecule has 1 aliphatic heterocycles. The van der Waals surface area contributed by atoms with E-state index in [9.17, 15) is 4.39 Å². The van der Waals surface area contributed by atoms with E-state index in [1.165, 1.54) is 6.07 Å². The second-order valence-corrected chi connectivity index (χ2v) is 4.93. The number of hydrogen-bond donors (Lipinski definition) is 0. The molecule has 0 aliphatic carbocycles. The van der Waals surface area contributed by atoms with Gasteiger partial charge in [0.2, 0.25) is 0 Å². The maximum Gasteiger partial charge on any atom is 0.136 e. The van der Waals surface area contributed by atoms with Gasteiger partial charge in [-0.15, -0.1) is 0 Å². The van der Waals surface area contributed by atoms with Crippen molar-refractivity contribution in [2.45, 2.75) is 6.92 Å². The summed E-state index contributed by atoms with van der Waals surface area (Å²) in [5.41, 5.74) is 2.03. The minimum atomic E-state index is -0.303. The third-order valence-electron chi connectivity index (χ3n) is 3.05. The van der Waals surface area contributed by atoms with Gasteiger partial charge in [0.15, 0.2) is 0 Å². The Morgan fingerprint density at radius 1 is 1.37 bits per heavy atom. The summed E-state index contributed by atoms with van der Waals surface area (Å²) in [6.07, 6.45) is 3.74. The van der Waals surface area contributed by atoms with Gasteiger partial charge in [-0.1, -0.05) is 12.6 Å². The molecule has 0 bridgehead atoms. The molecule has 0 unspecified atom stereocenters. The average Bonchev–Trinajstić information content (AvgIpc) is 2.41. The largest absolute Gasteiger partial charge is 0.496 e. The van der Waals surface area contributed by atoms with Crippen LogP contribution in [0.15, 0.2) is 47.1 Å². The number of ether oxygens (including phenoxy) is 1. The van der Waals surface area contributed by atoms with Crippen molar-refractivity contribution in [2.24, 2.45) is 0 Å². The minimum Gasteiger partial charge on any atom is -0.496 e. The monoisotopic (exact) mass is 323 g/mol. The van der Waals surface area contributed by atoms with Crippen LogP contribution in [0.2, 0.25) is 0 Å². The molecule has 0 saturated heterocycles. The number of methoxy groups -OCH3 is 1. The Balaban J connectivity index is 2.60. The summed E-state index contributed by atoms with van der Waals surface area (Å²) in [4.78, 5) is 1.95. The van der Waals surface area contributed by atoms with Gasteiger partial charge in [-0.25, -0.2) is 4.39 Å². The highest BCUT2D eigenvalue weighted by Gasteiger charge is 2.23. The lowest BCUT2D eigenvalue weighted by Gasteiger charge is -2.31. The van der Waals surface area contributed by atoms with Crippen molar-refractivity contribution in [3.8, 4) is 5.75 Å². The van der Waals surface area contributed by atoms with Crippen LogP contribution in [-0.2, 0) is 0 Å². The number of likely N-dealkylation sites (N-methyl/N-ethyl adjacent to an activating group) is 1. The summed E-state index contributed by atoms with van der Waals surface area (Å²) in [6.45, 7) is 6.71. The second kappa shape index (κ2) is 5.61. The molecule has 1 heterocycles. The zero-order chi connectivity index (χ0) is 14.0. The SMILES string of the molecule is C=C1C(Br)=CC=C(c2c(F)cccc2OC)N1CC. The summed E-state index contributed by atoms with van der Waals surface area (Å²) in [7, 11) is 1.54. The molecule has 4 heteroatoms. The van der Waals surface area contributed by atoms with Crippen molar-refractivity contribution in [2.75, 3.05) is 13.7 Å². The topological polar surface area (TPSA) is 12.5 Å². The van der Waals surface area contributed by atoms with E-state index in [-0.39, 0.29) is 5.82 Å². The molecule has 0 atom stereocenters. The molecule has 100 valence electrons. The number of allylic oxidation sites excluding steroid dienone is 3. The van der Waals surface area contributed by atoms with E-state index in [2.05, 4.69) is 22.5 Å². The molecule has 0 saturated carbocycles. The zero-order valence-electron chi connectivity index (χ0n) is 10.9. The first-order valence-corrected chi connectivity index (χ1v) is 6.76. The molecule has 0 spiro atoms. The van der Waals surface area contributed by atoms with Crippen LogP contribution in [0.4, 0.5) is 4.39 Å². The van der Waals surface area contributed by atoms with Gasteiger partial charge in [-0.2, -0.15) is 0 Å². The third-order valence-corrected chi connectivity index (χ3v) is 3.77.